The summed E-state index contributed by atoms with van der Waals surface area (Å²) in [5.74, 6) is -2.87. The van der Waals surface area contributed by atoms with E-state index in [0.717, 1.165) is 21.3 Å². The van der Waals surface area contributed by atoms with Gasteiger partial charge in [0, 0.05) is 21.6 Å². The third-order valence-electron chi connectivity index (χ3n) is 2.98. The predicted molar refractivity (Wildman–Crippen MR) is 104 cm³/mol. The van der Waals surface area contributed by atoms with Crippen molar-refractivity contribution in [1.82, 2.24) is 10.3 Å². The molecule has 2 rings (SSSR count). The molecule has 2 aromatic rings. The van der Waals surface area contributed by atoms with Crippen LogP contribution in [0.4, 0.5) is 8.78 Å². The number of carbonyl (C=O) groups is 1. The number of thiazole rings is 1. The number of benzene rings is 1. The molecule has 0 spiro atoms. The molecule has 0 saturated carbocycles. The highest BCUT2D eigenvalue weighted by Gasteiger charge is 2.27. The van der Waals surface area contributed by atoms with E-state index in [4.69, 9.17) is 5.73 Å². The Bertz CT molecular complexity index is 669. The topological polar surface area (TPSA) is 68.0 Å². The Kier molecular flexibility index (Phi) is 10.5. The van der Waals surface area contributed by atoms with Gasteiger partial charge in [-0.1, -0.05) is 0 Å². The molecule has 0 aliphatic rings. The Morgan fingerprint density at radius 3 is 2.48 bits per heavy atom. The van der Waals surface area contributed by atoms with Crippen molar-refractivity contribution >= 4 is 53.8 Å². The van der Waals surface area contributed by atoms with Crippen molar-refractivity contribution in [2.24, 2.45) is 5.73 Å². The van der Waals surface area contributed by atoms with Gasteiger partial charge in [0.2, 0.25) is 0 Å². The van der Waals surface area contributed by atoms with Crippen LogP contribution in [0.1, 0.15) is 21.1 Å². The predicted octanol–water partition coefficient (Wildman–Crippen LogP) is 3.91. The SMILES string of the molecule is Cc1nc(CSc2ccc(C(=O)NCC(F)(F)CN)cc2)cs1.Cl.Cl. The molecule has 1 heterocycles. The first-order chi connectivity index (χ1) is 10.9. The average Bonchev–Trinajstić information content (AvgIpc) is 2.97. The summed E-state index contributed by atoms with van der Waals surface area (Å²) in [6, 6.07) is 6.81. The highest BCUT2D eigenvalue weighted by molar-refractivity contribution is 7.98. The second-order valence-corrected chi connectivity index (χ2v) is 7.02. The van der Waals surface area contributed by atoms with E-state index in [0.29, 0.717) is 5.56 Å². The largest absolute Gasteiger partial charge is 0.346 e. The second-order valence-electron chi connectivity index (χ2n) is 4.91. The first-order valence-electron chi connectivity index (χ1n) is 6.89. The summed E-state index contributed by atoms with van der Waals surface area (Å²) >= 11 is 3.21. The van der Waals surface area contributed by atoms with Crippen molar-refractivity contribution in [3.8, 4) is 0 Å². The van der Waals surface area contributed by atoms with Gasteiger partial charge >= 0.3 is 0 Å². The maximum atomic E-state index is 13.0. The smallest absolute Gasteiger partial charge is 0.277 e. The number of carbonyl (C=O) groups excluding carboxylic acids is 1. The third-order valence-corrected chi connectivity index (χ3v) is 4.84. The molecule has 0 aliphatic carbocycles. The molecular formula is C15H19Cl2F2N3OS2. The molecule has 3 N–H and O–H groups in total. The van der Waals surface area contributed by atoms with Crippen LogP contribution in [-0.4, -0.2) is 29.9 Å². The van der Waals surface area contributed by atoms with E-state index in [2.05, 4.69) is 10.3 Å². The summed E-state index contributed by atoms with van der Waals surface area (Å²) < 4.78 is 26.0. The average molecular weight is 430 g/mol. The van der Waals surface area contributed by atoms with Gasteiger partial charge in [-0.2, -0.15) is 0 Å². The van der Waals surface area contributed by atoms with Crippen molar-refractivity contribution in [2.45, 2.75) is 23.5 Å². The fraction of sp³-hybridized carbons (Fsp3) is 0.333. The molecule has 1 aromatic heterocycles. The molecule has 0 radical (unpaired) electrons. The maximum absolute atomic E-state index is 13.0. The maximum Gasteiger partial charge on any atom is 0.277 e. The summed E-state index contributed by atoms with van der Waals surface area (Å²) in [5, 5.41) is 5.23. The van der Waals surface area contributed by atoms with Crippen molar-refractivity contribution in [3.63, 3.8) is 0 Å². The van der Waals surface area contributed by atoms with Crippen molar-refractivity contribution in [3.05, 3.63) is 45.9 Å². The molecule has 0 fully saturated rings. The number of thioether (sulfide) groups is 1. The minimum Gasteiger partial charge on any atom is -0.346 e. The lowest BCUT2D eigenvalue weighted by molar-refractivity contribution is 0.0118. The van der Waals surface area contributed by atoms with Gasteiger partial charge in [0.05, 0.1) is 23.8 Å². The second kappa shape index (κ2) is 10.9. The number of aromatic nitrogens is 1. The van der Waals surface area contributed by atoms with Gasteiger partial charge in [-0.3, -0.25) is 4.79 Å². The number of hydrogen-bond donors (Lipinski definition) is 2. The van der Waals surface area contributed by atoms with Crippen molar-refractivity contribution < 1.29 is 13.6 Å². The van der Waals surface area contributed by atoms with Gasteiger partial charge in [0.15, 0.2) is 0 Å². The summed E-state index contributed by atoms with van der Waals surface area (Å²) in [4.78, 5) is 17.2. The van der Waals surface area contributed by atoms with E-state index in [1.807, 2.05) is 12.3 Å². The highest BCUT2D eigenvalue weighted by Crippen LogP contribution is 2.23. The first-order valence-corrected chi connectivity index (χ1v) is 8.76. The standard InChI is InChI=1S/C15H17F2N3OS2.2ClH/c1-10-20-12(6-22-10)7-23-13-4-2-11(3-5-13)14(21)19-9-15(16,17)8-18;;/h2-6H,7-9,18H2,1H3,(H,19,21);2*1H. The zero-order valence-corrected chi connectivity index (χ0v) is 16.6. The Morgan fingerprint density at radius 1 is 1.32 bits per heavy atom. The molecule has 0 saturated heterocycles. The van der Waals surface area contributed by atoms with Gasteiger partial charge in [-0.05, 0) is 31.2 Å². The molecule has 1 amide bonds. The van der Waals surface area contributed by atoms with Crippen LogP contribution in [0, 0.1) is 6.92 Å². The van der Waals surface area contributed by atoms with Crippen molar-refractivity contribution in [1.29, 1.82) is 0 Å². The number of nitrogens with zero attached hydrogens (tertiary/aromatic N) is 1. The molecular weight excluding hydrogens is 411 g/mol. The summed E-state index contributed by atoms with van der Waals surface area (Å²) in [5.41, 5.74) is 6.28. The number of nitrogens with one attached hydrogen (secondary N) is 1. The van der Waals surface area contributed by atoms with E-state index >= 15 is 0 Å². The number of alkyl halides is 2. The first kappa shape index (κ1) is 24.1. The third kappa shape index (κ3) is 7.87. The minimum absolute atomic E-state index is 0. The summed E-state index contributed by atoms with van der Waals surface area (Å²) in [6.07, 6.45) is 0. The Morgan fingerprint density at radius 2 is 1.96 bits per heavy atom. The Hall–Kier alpha value is -0.930. The number of aryl methyl sites for hydroxylation is 1. The van der Waals surface area contributed by atoms with E-state index in [-0.39, 0.29) is 24.8 Å². The lowest BCUT2D eigenvalue weighted by Crippen LogP contribution is -2.41. The molecule has 0 unspecified atom stereocenters. The number of amides is 1. The Labute approximate surface area is 165 Å². The minimum atomic E-state index is -3.09. The fourth-order valence-electron chi connectivity index (χ4n) is 1.72. The molecule has 0 aliphatic heterocycles. The normalized spacial score (nSPS) is 10.6. The molecule has 4 nitrogen and oxygen atoms in total. The Balaban J connectivity index is 0.00000288. The fourth-order valence-corrected chi connectivity index (χ4v) is 3.23. The molecule has 0 bridgehead atoms. The van der Waals surface area contributed by atoms with Crippen LogP contribution in [0.25, 0.3) is 0 Å². The zero-order valence-electron chi connectivity index (χ0n) is 13.3. The van der Waals surface area contributed by atoms with Gasteiger partial charge in [0.1, 0.15) is 0 Å². The van der Waals surface area contributed by atoms with Gasteiger partial charge < -0.3 is 11.1 Å². The summed E-state index contributed by atoms with van der Waals surface area (Å²) in [6.45, 7) is 0.404. The number of nitrogens with two attached hydrogens (primary N) is 1. The van der Waals surface area contributed by atoms with Crippen LogP contribution in [0.5, 0.6) is 0 Å². The molecule has 25 heavy (non-hydrogen) atoms. The van der Waals surface area contributed by atoms with Gasteiger partial charge in [0.25, 0.3) is 11.8 Å². The van der Waals surface area contributed by atoms with Crippen LogP contribution in [0.3, 0.4) is 0 Å². The molecule has 10 heteroatoms. The lowest BCUT2D eigenvalue weighted by atomic mass is 10.2. The number of hydrogen-bond acceptors (Lipinski definition) is 5. The van der Waals surface area contributed by atoms with Crippen LogP contribution in [0.2, 0.25) is 0 Å². The van der Waals surface area contributed by atoms with E-state index in [9.17, 15) is 13.6 Å². The highest BCUT2D eigenvalue weighted by atomic mass is 35.5. The van der Waals surface area contributed by atoms with E-state index in [1.54, 1.807) is 47.4 Å². The van der Waals surface area contributed by atoms with Gasteiger partial charge in [-0.25, -0.2) is 13.8 Å². The van der Waals surface area contributed by atoms with Crippen LogP contribution >= 0.6 is 47.9 Å². The van der Waals surface area contributed by atoms with Crippen LogP contribution in [0.15, 0.2) is 34.5 Å². The van der Waals surface area contributed by atoms with Crippen LogP contribution in [-0.2, 0) is 5.75 Å². The zero-order chi connectivity index (χ0) is 16.9. The van der Waals surface area contributed by atoms with Crippen molar-refractivity contribution in [2.75, 3.05) is 13.1 Å². The van der Waals surface area contributed by atoms with E-state index < -0.39 is 24.9 Å². The van der Waals surface area contributed by atoms with Crippen LogP contribution < -0.4 is 11.1 Å². The summed E-state index contributed by atoms with van der Waals surface area (Å²) in [7, 11) is 0. The van der Waals surface area contributed by atoms with E-state index in [1.165, 1.54) is 0 Å². The monoisotopic (exact) mass is 429 g/mol. The molecule has 1 aromatic carbocycles. The quantitative estimate of drug-likeness (QED) is 0.654. The lowest BCUT2D eigenvalue weighted by Gasteiger charge is -2.14. The van der Waals surface area contributed by atoms with Gasteiger partial charge in [-0.15, -0.1) is 47.9 Å². The number of rotatable bonds is 7. The molecule has 140 valence electrons. The number of halogens is 4. The molecule has 0 atom stereocenters.